The van der Waals surface area contributed by atoms with E-state index in [2.05, 4.69) is 4.90 Å². The van der Waals surface area contributed by atoms with Crippen LogP contribution in [0.4, 0.5) is 11.4 Å². The minimum atomic E-state index is -0.549. The number of hydrogen-bond donors (Lipinski definition) is 1. The number of benzene rings is 1. The maximum atomic E-state index is 12.5. The highest BCUT2D eigenvalue weighted by Crippen LogP contribution is 2.23. The van der Waals surface area contributed by atoms with E-state index in [1.165, 1.54) is 18.2 Å². The van der Waals surface area contributed by atoms with Crippen LogP contribution >= 0.6 is 0 Å². The second kappa shape index (κ2) is 5.46. The Hall–Kier alpha value is -2.15. The number of piperazine rings is 1. The monoisotopic (exact) mass is 278 g/mol. The van der Waals surface area contributed by atoms with E-state index in [0.29, 0.717) is 18.8 Å². The molecule has 20 heavy (non-hydrogen) atoms. The summed E-state index contributed by atoms with van der Waals surface area (Å²) in [6, 6.07) is 4.32. The molecular formula is C13H18N4O3. The number of hydrogen-bond acceptors (Lipinski definition) is 5. The van der Waals surface area contributed by atoms with Gasteiger partial charge in [0.15, 0.2) is 0 Å². The Morgan fingerprint density at radius 1 is 1.45 bits per heavy atom. The first-order valence-corrected chi connectivity index (χ1v) is 6.43. The van der Waals surface area contributed by atoms with E-state index in [1.807, 2.05) is 14.0 Å². The van der Waals surface area contributed by atoms with Gasteiger partial charge < -0.3 is 15.5 Å². The van der Waals surface area contributed by atoms with Crippen molar-refractivity contribution in [2.24, 2.45) is 0 Å². The first-order valence-electron chi connectivity index (χ1n) is 6.43. The average molecular weight is 278 g/mol. The highest BCUT2D eigenvalue weighted by Gasteiger charge is 2.29. The molecule has 1 fully saturated rings. The Morgan fingerprint density at radius 2 is 2.15 bits per heavy atom. The van der Waals surface area contributed by atoms with Crippen LogP contribution in [0.15, 0.2) is 18.2 Å². The van der Waals surface area contributed by atoms with Crippen molar-refractivity contribution in [3.8, 4) is 0 Å². The quantitative estimate of drug-likeness (QED) is 0.494. The molecule has 0 spiro atoms. The number of likely N-dealkylation sites (N-methyl/N-ethyl adjacent to an activating group) is 1. The summed E-state index contributed by atoms with van der Waals surface area (Å²) < 4.78 is 0. The lowest BCUT2D eigenvalue weighted by molar-refractivity contribution is -0.385. The fourth-order valence-electron chi connectivity index (χ4n) is 2.29. The summed E-state index contributed by atoms with van der Waals surface area (Å²) in [5, 5.41) is 11.0. The molecule has 1 aliphatic heterocycles. The average Bonchev–Trinajstić information content (AvgIpc) is 2.40. The van der Waals surface area contributed by atoms with Crippen molar-refractivity contribution >= 4 is 17.3 Å². The number of carbonyl (C=O) groups is 1. The van der Waals surface area contributed by atoms with Gasteiger partial charge in [-0.1, -0.05) is 0 Å². The van der Waals surface area contributed by atoms with Crippen molar-refractivity contribution in [2.75, 3.05) is 32.4 Å². The summed E-state index contributed by atoms with van der Waals surface area (Å²) >= 11 is 0. The molecule has 1 aromatic rings. The summed E-state index contributed by atoms with van der Waals surface area (Å²) in [5.74, 6) is -0.330. The predicted molar refractivity (Wildman–Crippen MR) is 75.5 cm³/mol. The van der Waals surface area contributed by atoms with E-state index in [0.717, 1.165) is 6.54 Å². The normalized spacial score (nSPS) is 19.9. The van der Waals surface area contributed by atoms with E-state index in [1.54, 1.807) is 4.90 Å². The van der Waals surface area contributed by atoms with Gasteiger partial charge in [0, 0.05) is 37.4 Å². The number of carbonyl (C=O) groups excluding carboxylic acids is 1. The maximum Gasteiger partial charge on any atom is 0.282 e. The molecule has 2 rings (SSSR count). The molecule has 0 aliphatic carbocycles. The van der Waals surface area contributed by atoms with Crippen LogP contribution in [0.25, 0.3) is 0 Å². The first kappa shape index (κ1) is 14.3. The van der Waals surface area contributed by atoms with Gasteiger partial charge in [-0.25, -0.2) is 0 Å². The van der Waals surface area contributed by atoms with Crippen molar-refractivity contribution in [3.05, 3.63) is 33.9 Å². The summed E-state index contributed by atoms with van der Waals surface area (Å²) in [6.45, 7) is 3.89. The molecule has 0 aromatic heterocycles. The van der Waals surface area contributed by atoms with E-state index in [4.69, 9.17) is 5.73 Å². The van der Waals surface area contributed by atoms with Crippen molar-refractivity contribution < 1.29 is 9.72 Å². The third kappa shape index (κ3) is 2.72. The van der Waals surface area contributed by atoms with Crippen LogP contribution in [-0.4, -0.2) is 53.4 Å². The smallest absolute Gasteiger partial charge is 0.282 e. The molecule has 0 radical (unpaired) electrons. The summed E-state index contributed by atoms with van der Waals surface area (Å²) in [5.41, 5.74) is 5.85. The molecule has 0 saturated carbocycles. The highest BCUT2D eigenvalue weighted by atomic mass is 16.6. The molecular weight excluding hydrogens is 260 g/mol. The van der Waals surface area contributed by atoms with Gasteiger partial charge in [-0.15, -0.1) is 0 Å². The van der Waals surface area contributed by atoms with Crippen LogP contribution in [0.3, 0.4) is 0 Å². The molecule has 1 aromatic carbocycles. The van der Waals surface area contributed by atoms with E-state index >= 15 is 0 Å². The first-order chi connectivity index (χ1) is 9.40. The summed E-state index contributed by atoms with van der Waals surface area (Å²) in [4.78, 5) is 26.7. The summed E-state index contributed by atoms with van der Waals surface area (Å²) in [6.07, 6.45) is 0. The lowest BCUT2D eigenvalue weighted by atomic mass is 10.1. The van der Waals surface area contributed by atoms with Gasteiger partial charge in [-0.2, -0.15) is 0 Å². The zero-order valence-electron chi connectivity index (χ0n) is 11.6. The van der Waals surface area contributed by atoms with Gasteiger partial charge in [0.2, 0.25) is 0 Å². The van der Waals surface area contributed by atoms with Crippen LogP contribution in [-0.2, 0) is 0 Å². The van der Waals surface area contributed by atoms with Crippen LogP contribution in [0.5, 0.6) is 0 Å². The van der Waals surface area contributed by atoms with E-state index in [9.17, 15) is 14.9 Å². The zero-order valence-corrected chi connectivity index (χ0v) is 11.6. The minimum absolute atomic E-state index is 0.0618. The molecule has 7 heteroatoms. The molecule has 1 heterocycles. The fraction of sp³-hybridized carbons (Fsp3) is 0.462. The summed E-state index contributed by atoms with van der Waals surface area (Å²) in [7, 11) is 2.00. The van der Waals surface area contributed by atoms with E-state index < -0.39 is 4.92 Å². The van der Waals surface area contributed by atoms with Gasteiger partial charge in [0.1, 0.15) is 5.56 Å². The maximum absolute atomic E-state index is 12.5. The number of nitrogens with zero attached hydrogens (tertiary/aromatic N) is 3. The third-order valence-corrected chi connectivity index (χ3v) is 3.69. The SMILES string of the molecule is CC1CN(C(=O)c2cc(N)ccc2[N+](=O)[O-])CCN1C. The molecule has 1 aliphatic rings. The Bertz CT molecular complexity index is 546. The highest BCUT2D eigenvalue weighted by molar-refractivity contribution is 5.99. The van der Waals surface area contributed by atoms with Gasteiger partial charge in [-0.3, -0.25) is 14.9 Å². The molecule has 2 N–H and O–H groups in total. The van der Waals surface area contributed by atoms with Crippen LogP contribution in [0, 0.1) is 10.1 Å². The molecule has 0 bridgehead atoms. The van der Waals surface area contributed by atoms with Crippen molar-refractivity contribution in [2.45, 2.75) is 13.0 Å². The number of nitro benzene ring substituents is 1. The zero-order chi connectivity index (χ0) is 14.9. The molecule has 7 nitrogen and oxygen atoms in total. The largest absolute Gasteiger partial charge is 0.399 e. The van der Waals surface area contributed by atoms with Gasteiger partial charge >= 0.3 is 0 Å². The van der Waals surface area contributed by atoms with Crippen LogP contribution in [0.1, 0.15) is 17.3 Å². The molecule has 1 unspecified atom stereocenters. The second-order valence-corrected chi connectivity index (χ2v) is 5.11. The number of nitro groups is 1. The Balaban J connectivity index is 2.29. The number of anilines is 1. The number of amides is 1. The second-order valence-electron chi connectivity index (χ2n) is 5.11. The van der Waals surface area contributed by atoms with Crippen molar-refractivity contribution in [1.29, 1.82) is 0 Å². The molecule has 1 amide bonds. The van der Waals surface area contributed by atoms with Crippen molar-refractivity contribution in [1.82, 2.24) is 9.80 Å². The lowest BCUT2D eigenvalue weighted by Gasteiger charge is -2.37. The lowest BCUT2D eigenvalue weighted by Crippen LogP contribution is -2.52. The molecule has 108 valence electrons. The van der Waals surface area contributed by atoms with Crippen molar-refractivity contribution in [3.63, 3.8) is 0 Å². The Kier molecular flexibility index (Phi) is 3.89. The van der Waals surface area contributed by atoms with Crippen LogP contribution in [0.2, 0.25) is 0 Å². The van der Waals surface area contributed by atoms with E-state index in [-0.39, 0.29) is 23.2 Å². The minimum Gasteiger partial charge on any atom is -0.399 e. The van der Waals surface area contributed by atoms with Crippen LogP contribution < -0.4 is 5.73 Å². The van der Waals surface area contributed by atoms with Gasteiger partial charge in [0.05, 0.1) is 4.92 Å². The van der Waals surface area contributed by atoms with Gasteiger partial charge in [-0.05, 0) is 26.1 Å². The van der Waals surface area contributed by atoms with Gasteiger partial charge in [0.25, 0.3) is 11.6 Å². The fourth-order valence-corrected chi connectivity index (χ4v) is 2.29. The Morgan fingerprint density at radius 3 is 2.75 bits per heavy atom. The molecule has 1 atom stereocenters. The number of nitrogens with two attached hydrogens (primary N) is 1. The third-order valence-electron chi connectivity index (χ3n) is 3.69. The predicted octanol–water partition coefficient (Wildman–Crippen LogP) is 0.953. The Labute approximate surface area is 117 Å². The number of rotatable bonds is 2. The standard InChI is InChI=1S/C13H18N4O3/c1-9-8-16(6-5-15(9)2)13(18)11-7-10(14)3-4-12(11)17(19)20/h3-4,7,9H,5-6,8,14H2,1-2H3. The number of nitrogen functional groups attached to an aromatic ring is 1. The topological polar surface area (TPSA) is 92.7 Å². The molecule has 1 saturated heterocycles.